The number of nitrogens with one attached hydrogen (secondary N) is 2. The predicted molar refractivity (Wildman–Crippen MR) is 84.5 cm³/mol. The summed E-state index contributed by atoms with van der Waals surface area (Å²) in [4.78, 5) is 31.4. The summed E-state index contributed by atoms with van der Waals surface area (Å²) in [5.74, 6) is 0.585. The number of aromatic nitrogens is 2. The van der Waals surface area contributed by atoms with E-state index in [1.807, 2.05) is 6.92 Å². The van der Waals surface area contributed by atoms with Gasteiger partial charge in [0.25, 0.3) is 5.56 Å². The molecule has 0 spiro atoms. The van der Waals surface area contributed by atoms with Crippen LogP contribution in [0.4, 0.5) is 5.82 Å². The standard InChI is InChI=1S/C15H15N3O3S/c1-2-22-15-17-13-12(14(21)18-15)10(7-11(20)16-13)8-4-3-5-9(19)6-8/h3-6,10,19H,2,7H2,1H3,(H2,16,17,18,20,21). The largest absolute Gasteiger partial charge is 0.508 e. The van der Waals surface area contributed by atoms with E-state index < -0.39 is 5.92 Å². The summed E-state index contributed by atoms with van der Waals surface area (Å²) in [6.07, 6.45) is 0.154. The van der Waals surface area contributed by atoms with Crippen LogP contribution in [0.5, 0.6) is 5.75 Å². The number of nitrogens with zero attached hydrogens (tertiary/aromatic N) is 1. The Labute approximate surface area is 131 Å². The fourth-order valence-electron chi connectivity index (χ4n) is 2.58. The van der Waals surface area contributed by atoms with E-state index in [-0.39, 0.29) is 23.6 Å². The van der Waals surface area contributed by atoms with Gasteiger partial charge < -0.3 is 15.4 Å². The van der Waals surface area contributed by atoms with Crippen LogP contribution in [0.2, 0.25) is 0 Å². The maximum atomic E-state index is 12.4. The number of phenols is 1. The Morgan fingerprint density at radius 2 is 2.23 bits per heavy atom. The molecule has 3 rings (SSSR count). The van der Waals surface area contributed by atoms with Gasteiger partial charge in [-0.2, -0.15) is 0 Å². The van der Waals surface area contributed by atoms with Crippen molar-refractivity contribution in [1.82, 2.24) is 9.97 Å². The van der Waals surface area contributed by atoms with Crippen LogP contribution in [0.15, 0.2) is 34.2 Å². The highest BCUT2D eigenvalue weighted by Crippen LogP contribution is 2.35. The van der Waals surface area contributed by atoms with Crippen molar-refractivity contribution in [3.8, 4) is 5.75 Å². The van der Waals surface area contributed by atoms with Gasteiger partial charge in [0.1, 0.15) is 11.6 Å². The Hall–Kier alpha value is -2.28. The minimum absolute atomic E-state index is 0.104. The number of anilines is 1. The van der Waals surface area contributed by atoms with Gasteiger partial charge in [0, 0.05) is 12.3 Å². The molecule has 1 aliphatic rings. The summed E-state index contributed by atoms with van der Waals surface area (Å²) >= 11 is 1.41. The van der Waals surface area contributed by atoms with E-state index in [1.165, 1.54) is 11.8 Å². The topological polar surface area (TPSA) is 95.1 Å². The number of hydrogen-bond donors (Lipinski definition) is 3. The number of carbonyl (C=O) groups excluding carboxylic acids is 1. The van der Waals surface area contributed by atoms with Crippen molar-refractivity contribution in [2.75, 3.05) is 11.1 Å². The maximum absolute atomic E-state index is 12.4. The van der Waals surface area contributed by atoms with E-state index in [0.717, 1.165) is 11.3 Å². The highest BCUT2D eigenvalue weighted by atomic mass is 32.2. The molecule has 0 bridgehead atoms. The average Bonchev–Trinajstić information content (AvgIpc) is 2.46. The van der Waals surface area contributed by atoms with E-state index in [9.17, 15) is 14.7 Å². The Bertz CT molecular complexity index is 788. The number of carbonyl (C=O) groups is 1. The van der Waals surface area contributed by atoms with Crippen LogP contribution in [0.3, 0.4) is 0 Å². The highest BCUT2D eigenvalue weighted by Gasteiger charge is 2.31. The van der Waals surface area contributed by atoms with Crippen molar-refractivity contribution in [2.24, 2.45) is 0 Å². The molecule has 2 heterocycles. The van der Waals surface area contributed by atoms with Crippen molar-refractivity contribution < 1.29 is 9.90 Å². The molecule has 0 saturated carbocycles. The number of H-pyrrole nitrogens is 1. The number of fused-ring (bicyclic) bond motifs is 1. The molecule has 0 radical (unpaired) electrons. The predicted octanol–water partition coefficient (Wildman–Crippen LogP) is 2.06. The number of benzene rings is 1. The Balaban J connectivity index is 2.13. The zero-order valence-corrected chi connectivity index (χ0v) is 12.7. The number of aromatic amines is 1. The van der Waals surface area contributed by atoms with Crippen LogP contribution >= 0.6 is 11.8 Å². The van der Waals surface area contributed by atoms with Crippen molar-refractivity contribution in [3.05, 3.63) is 45.7 Å². The minimum Gasteiger partial charge on any atom is -0.508 e. The second kappa shape index (κ2) is 5.84. The fourth-order valence-corrected chi connectivity index (χ4v) is 3.18. The quantitative estimate of drug-likeness (QED) is 0.595. The van der Waals surface area contributed by atoms with E-state index in [1.54, 1.807) is 24.3 Å². The second-order valence-corrected chi connectivity index (χ2v) is 6.22. The molecular weight excluding hydrogens is 302 g/mol. The van der Waals surface area contributed by atoms with E-state index in [4.69, 9.17) is 0 Å². The third kappa shape index (κ3) is 2.71. The first-order chi connectivity index (χ1) is 10.6. The van der Waals surface area contributed by atoms with Crippen LogP contribution in [0, 0.1) is 0 Å². The number of aromatic hydroxyl groups is 1. The zero-order valence-electron chi connectivity index (χ0n) is 11.9. The third-order valence-corrected chi connectivity index (χ3v) is 4.24. The molecule has 1 aromatic carbocycles. The van der Waals surface area contributed by atoms with Gasteiger partial charge in [-0.1, -0.05) is 30.8 Å². The Kier molecular flexibility index (Phi) is 3.89. The summed E-state index contributed by atoms with van der Waals surface area (Å²) in [6.45, 7) is 1.96. The summed E-state index contributed by atoms with van der Waals surface area (Å²) in [7, 11) is 0. The monoisotopic (exact) mass is 317 g/mol. The smallest absolute Gasteiger partial charge is 0.257 e. The van der Waals surface area contributed by atoms with Crippen molar-refractivity contribution in [1.29, 1.82) is 0 Å². The lowest BCUT2D eigenvalue weighted by Crippen LogP contribution is -2.31. The molecule has 1 aliphatic heterocycles. The number of rotatable bonds is 3. The van der Waals surface area contributed by atoms with Crippen LogP contribution in [-0.4, -0.2) is 26.7 Å². The van der Waals surface area contributed by atoms with Crippen LogP contribution in [0.1, 0.15) is 30.4 Å². The van der Waals surface area contributed by atoms with Gasteiger partial charge in [-0.15, -0.1) is 0 Å². The van der Waals surface area contributed by atoms with Gasteiger partial charge >= 0.3 is 0 Å². The number of phenolic OH excluding ortho intramolecular Hbond substituents is 1. The van der Waals surface area contributed by atoms with E-state index in [2.05, 4.69) is 15.3 Å². The molecule has 0 saturated heterocycles. The zero-order chi connectivity index (χ0) is 15.7. The molecular formula is C15H15N3O3S. The van der Waals surface area contributed by atoms with E-state index >= 15 is 0 Å². The van der Waals surface area contributed by atoms with Gasteiger partial charge in [-0.25, -0.2) is 4.98 Å². The third-order valence-electron chi connectivity index (χ3n) is 3.48. The molecule has 0 fully saturated rings. The Morgan fingerprint density at radius 1 is 1.41 bits per heavy atom. The molecule has 1 unspecified atom stereocenters. The van der Waals surface area contributed by atoms with Crippen molar-refractivity contribution >= 4 is 23.5 Å². The Morgan fingerprint density at radius 3 is 2.95 bits per heavy atom. The average molecular weight is 317 g/mol. The summed E-state index contributed by atoms with van der Waals surface area (Å²) in [5, 5.41) is 12.8. The van der Waals surface area contributed by atoms with E-state index in [0.29, 0.717) is 16.5 Å². The molecule has 7 heteroatoms. The van der Waals surface area contributed by atoms with Gasteiger partial charge in [-0.05, 0) is 23.4 Å². The van der Waals surface area contributed by atoms with Crippen LogP contribution in [0.25, 0.3) is 0 Å². The summed E-state index contributed by atoms with van der Waals surface area (Å²) in [5.41, 5.74) is 0.902. The lowest BCUT2D eigenvalue weighted by atomic mass is 9.87. The molecule has 114 valence electrons. The van der Waals surface area contributed by atoms with Crippen LogP contribution < -0.4 is 10.9 Å². The first-order valence-corrected chi connectivity index (χ1v) is 7.93. The normalized spacial score (nSPS) is 17.0. The molecule has 1 aromatic heterocycles. The molecule has 3 N–H and O–H groups in total. The first-order valence-electron chi connectivity index (χ1n) is 6.94. The molecule has 1 atom stereocenters. The van der Waals surface area contributed by atoms with Gasteiger partial charge in [-0.3, -0.25) is 9.59 Å². The van der Waals surface area contributed by atoms with Gasteiger partial charge in [0.05, 0.1) is 5.56 Å². The maximum Gasteiger partial charge on any atom is 0.257 e. The number of amides is 1. The summed E-state index contributed by atoms with van der Waals surface area (Å²) < 4.78 is 0. The number of thioether (sulfide) groups is 1. The molecule has 22 heavy (non-hydrogen) atoms. The van der Waals surface area contributed by atoms with Crippen molar-refractivity contribution in [3.63, 3.8) is 0 Å². The molecule has 1 amide bonds. The lowest BCUT2D eigenvalue weighted by Gasteiger charge is -2.24. The lowest BCUT2D eigenvalue weighted by molar-refractivity contribution is -0.116. The van der Waals surface area contributed by atoms with Crippen molar-refractivity contribution in [2.45, 2.75) is 24.4 Å². The molecule has 6 nitrogen and oxygen atoms in total. The molecule has 2 aromatic rings. The second-order valence-electron chi connectivity index (χ2n) is 4.97. The SMILES string of the molecule is CCSc1nc2c(c(=O)[nH]1)C(c1cccc(O)c1)CC(=O)N2. The minimum atomic E-state index is -0.409. The van der Waals surface area contributed by atoms with Crippen LogP contribution in [-0.2, 0) is 4.79 Å². The van der Waals surface area contributed by atoms with Gasteiger partial charge in [0.2, 0.25) is 5.91 Å². The fraction of sp³-hybridized carbons (Fsp3) is 0.267. The molecule has 0 aliphatic carbocycles. The highest BCUT2D eigenvalue weighted by molar-refractivity contribution is 7.99. The first kappa shape index (κ1) is 14.6. The summed E-state index contributed by atoms with van der Waals surface area (Å²) in [6, 6.07) is 6.61. The number of hydrogen-bond acceptors (Lipinski definition) is 5. The van der Waals surface area contributed by atoms with Gasteiger partial charge in [0.15, 0.2) is 5.16 Å².